The van der Waals surface area contributed by atoms with E-state index >= 15 is 0 Å². The number of aliphatic hydroxyl groups is 1. The number of carbonyl (C=O) groups excluding carboxylic acids is 1. The number of rotatable bonds is 3. The Morgan fingerprint density at radius 1 is 1.10 bits per heavy atom. The van der Waals surface area contributed by atoms with Crippen LogP contribution >= 0.6 is 0 Å². The molecule has 2 aromatic rings. The van der Waals surface area contributed by atoms with Crippen molar-refractivity contribution in [3.05, 3.63) is 35.7 Å². The lowest BCUT2D eigenvalue weighted by molar-refractivity contribution is -0.137. The van der Waals surface area contributed by atoms with Crippen LogP contribution in [0.5, 0.6) is 0 Å². The van der Waals surface area contributed by atoms with Crippen molar-refractivity contribution in [1.29, 1.82) is 0 Å². The number of nitrogens with zero attached hydrogens (tertiary/aromatic N) is 2. The van der Waals surface area contributed by atoms with Crippen molar-refractivity contribution < 1.29 is 23.1 Å². The zero-order valence-electron chi connectivity index (χ0n) is 17.6. The zero-order valence-corrected chi connectivity index (χ0v) is 17.6. The van der Waals surface area contributed by atoms with Gasteiger partial charge in [-0.05, 0) is 48.1 Å². The first kappa shape index (κ1) is 22.5. The third-order valence-corrected chi connectivity index (χ3v) is 5.76. The summed E-state index contributed by atoms with van der Waals surface area (Å²) in [6.07, 6.45) is -0.866. The van der Waals surface area contributed by atoms with Crippen molar-refractivity contribution in [3.8, 4) is 0 Å². The minimum atomic E-state index is -4.51. The highest BCUT2D eigenvalue weighted by molar-refractivity contribution is 5.83. The monoisotopic (exact) mass is 423 g/mol. The minimum Gasteiger partial charge on any atom is -0.383 e. The molecular formula is C22H28F3N3O2. The van der Waals surface area contributed by atoms with Crippen LogP contribution in [0.4, 0.5) is 13.2 Å². The van der Waals surface area contributed by atoms with Crippen LogP contribution in [0.15, 0.2) is 24.5 Å². The van der Waals surface area contributed by atoms with Crippen LogP contribution in [-0.4, -0.2) is 33.1 Å². The molecule has 1 aliphatic rings. The summed E-state index contributed by atoms with van der Waals surface area (Å²) in [6.45, 7) is 7.42. The number of alkyl halides is 3. The van der Waals surface area contributed by atoms with E-state index in [1.54, 1.807) is 20.8 Å². The molecule has 4 atom stereocenters. The third-order valence-electron chi connectivity index (χ3n) is 5.76. The molecule has 0 unspecified atom stereocenters. The molecule has 0 saturated heterocycles. The van der Waals surface area contributed by atoms with Gasteiger partial charge in [-0.25, -0.2) is 0 Å². The SMILES string of the molecule is C[C@H]1C[C@@H](NC(=O)[C@@H](O)C(C)(C)C)C[C@H](c2ccc(C(F)(F)F)c3nccnc23)C1. The van der Waals surface area contributed by atoms with E-state index < -0.39 is 29.2 Å². The van der Waals surface area contributed by atoms with Crippen LogP contribution in [0.25, 0.3) is 11.0 Å². The molecule has 0 radical (unpaired) electrons. The van der Waals surface area contributed by atoms with E-state index in [0.717, 1.165) is 18.9 Å². The fraction of sp³-hybridized carbons (Fsp3) is 0.591. The highest BCUT2D eigenvalue weighted by Crippen LogP contribution is 2.41. The van der Waals surface area contributed by atoms with E-state index in [2.05, 4.69) is 22.2 Å². The summed E-state index contributed by atoms with van der Waals surface area (Å²) in [5.41, 5.74) is -0.552. The Balaban J connectivity index is 1.89. The minimum absolute atomic E-state index is 0.0627. The molecule has 8 heteroatoms. The lowest BCUT2D eigenvalue weighted by Gasteiger charge is -2.36. The molecular weight excluding hydrogens is 395 g/mol. The van der Waals surface area contributed by atoms with Crippen molar-refractivity contribution >= 4 is 16.9 Å². The summed E-state index contributed by atoms with van der Waals surface area (Å²) in [7, 11) is 0. The lowest BCUT2D eigenvalue weighted by atomic mass is 9.75. The van der Waals surface area contributed by atoms with Gasteiger partial charge in [0.1, 0.15) is 11.6 Å². The molecule has 164 valence electrons. The van der Waals surface area contributed by atoms with Crippen LogP contribution in [0.3, 0.4) is 0 Å². The number of nitrogens with one attached hydrogen (secondary N) is 1. The topological polar surface area (TPSA) is 75.1 Å². The fourth-order valence-corrected chi connectivity index (χ4v) is 4.28. The number of halogens is 3. The number of hydrogen-bond acceptors (Lipinski definition) is 4. The fourth-order valence-electron chi connectivity index (χ4n) is 4.28. The van der Waals surface area contributed by atoms with Crippen molar-refractivity contribution in [1.82, 2.24) is 15.3 Å². The predicted molar refractivity (Wildman–Crippen MR) is 108 cm³/mol. The maximum absolute atomic E-state index is 13.4. The number of aromatic nitrogens is 2. The first-order chi connectivity index (χ1) is 13.9. The highest BCUT2D eigenvalue weighted by Gasteiger charge is 2.37. The first-order valence-corrected chi connectivity index (χ1v) is 10.2. The van der Waals surface area contributed by atoms with Gasteiger partial charge in [0.2, 0.25) is 5.91 Å². The molecule has 30 heavy (non-hydrogen) atoms. The maximum atomic E-state index is 13.4. The van der Waals surface area contributed by atoms with Crippen LogP contribution in [0, 0.1) is 11.3 Å². The molecule has 1 aliphatic carbocycles. The largest absolute Gasteiger partial charge is 0.418 e. The Hall–Kier alpha value is -2.22. The molecule has 1 fully saturated rings. The number of fused-ring (bicyclic) bond motifs is 1. The standard InChI is InChI=1S/C22H28F3N3O2/c1-12-9-13(11-14(10-12)28-20(30)19(29)21(2,3)4)15-5-6-16(22(23,24)25)18-17(15)26-7-8-27-18/h5-8,12-14,19,29H,9-11H2,1-4H3,(H,28,30)/t12-,13-,14-,19-/m1/s1. The van der Waals surface area contributed by atoms with Crippen LogP contribution < -0.4 is 5.32 Å². The maximum Gasteiger partial charge on any atom is 0.418 e. The Bertz CT molecular complexity index is 924. The number of carbonyl (C=O) groups is 1. The molecule has 2 N–H and O–H groups in total. The van der Waals surface area contributed by atoms with Gasteiger partial charge in [-0.2, -0.15) is 13.2 Å². The molecule has 5 nitrogen and oxygen atoms in total. The Morgan fingerprint density at radius 3 is 2.33 bits per heavy atom. The molecule has 1 heterocycles. The number of benzene rings is 1. The van der Waals surface area contributed by atoms with E-state index in [-0.39, 0.29) is 28.9 Å². The quantitative estimate of drug-likeness (QED) is 0.765. The normalized spacial score (nSPS) is 23.9. The molecule has 1 aromatic heterocycles. The molecule has 1 amide bonds. The van der Waals surface area contributed by atoms with Crippen molar-refractivity contribution in [2.75, 3.05) is 0 Å². The van der Waals surface area contributed by atoms with Crippen molar-refractivity contribution in [3.63, 3.8) is 0 Å². The molecule has 1 aromatic carbocycles. The van der Waals surface area contributed by atoms with Gasteiger partial charge in [-0.15, -0.1) is 0 Å². The van der Waals surface area contributed by atoms with Crippen molar-refractivity contribution in [2.45, 2.75) is 71.2 Å². The lowest BCUT2D eigenvalue weighted by Crippen LogP contribution is -2.48. The van der Waals surface area contributed by atoms with Gasteiger partial charge < -0.3 is 10.4 Å². The summed E-state index contributed by atoms with van der Waals surface area (Å²) in [5, 5.41) is 13.2. The van der Waals surface area contributed by atoms with Gasteiger partial charge in [-0.3, -0.25) is 14.8 Å². The predicted octanol–water partition coefficient (Wildman–Crippen LogP) is 4.44. The van der Waals surface area contributed by atoms with Gasteiger partial charge in [-0.1, -0.05) is 33.8 Å². The average Bonchev–Trinajstić information content (AvgIpc) is 2.64. The average molecular weight is 423 g/mol. The van der Waals surface area contributed by atoms with E-state index in [4.69, 9.17) is 0 Å². The van der Waals surface area contributed by atoms with Gasteiger partial charge >= 0.3 is 6.18 Å². The van der Waals surface area contributed by atoms with Gasteiger partial charge in [0, 0.05) is 18.4 Å². The van der Waals surface area contributed by atoms with E-state index in [0.29, 0.717) is 12.0 Å². The molecule has 0 spiro atoms. The molecule has 0 aliphatic heterocycles. The Morgan fingerprint density at radius 2 is 1.73 bits per heavy atom. The second kappa shape index (κ2) is 8.13. The summed E-state index contributed by atoms with van der Waals surface area (Å²) >= 11 is 0. The summed E-state index contributed by atoms with van der Waals surface area (Å²) in [4.78, 5) is 20.6. The molecule has 1 saturated carbocycles. The number of hydrogen-bond donors (Lipinski definition) is 2. The molecule has 3 rings (SSSR count). The molecule has 0 bridgehead atoms. The van der Waals surface area contributed by atoms with Crippen LogP contribution in [0.1, 0.15) is 64.0 Å². The second-order valence-corrected chi connectivity index (χ2v) is 9.44. The van der Waals surface area contributed by atoms with Gasteiger partial charge in [0.05, 0.1) is 11.1 Å². The van der Waals surface area contributed by atoms with E-state index in [1.165, 1.54) is 18.5 Å². The Kier molecular flexibility index (Phi) is 6.09. The summed E-state index contributed by atoms with van der Waals surface area (Å²) in [5.74, 6) is -0.223. The van der Waals surface area contributed by atoms with Crippen molar-refractivity contribution in [2.24, 2.45) is 11.3 Å². The smallest absolute Gasteiger partial charge is 0.383 e. The van der Waals surface area contributed by atoms with E-state index in [9.17, 15) is 23.1 Å². The summed E-state index contributed by atoms with van der Waals surface area (Å²) in [6, 6.07) is 2.39. The van der Waals surface area contributed by atoms with Crippen LogP contribution in [-0.2, 0) is 11.0 Å². The second-order valence-electron chi connectivity index (χ2n) is 9.44. The third kappa shape index (κ3) is 4.74. The van der Waals surface area contributed by atoms with Gasteiger partial charge in [0.25, 0.3) is 0 Å². The van der Waals surface area contributed by atoms with E-state index in [1.807, 2.05) is 0 Å². The number of amides is 1. The van der Waals surface area contributed by atoms with Gasteiger partial charge in [0.15, 0.2) is 0 Å². The highest BCUT2D eigenvalue weighted by atomic mass is 19.4. The number of aliphatic hydroxyl groups excluding tert-OH is 1. The Labute approximate surface area is 174 Å². The van der Waals surface area contributed by atoms with Crippen LogP contribution in [0.2, 0.25) is 0 Å². The summed E-state index contributed by atoms with van der Waals surface area (Å²) < 4.78 is 40.2. The zero-order chi connectivity index (χ0) is 22.3. The first-order valence-electron chi connectivity index (χ1n) is 10.2.